The number of amides is 1. The van der Waals surface area contributed by atoms with Gasteiger partial charge in [-0.15, -0.1) is 10.2 Å². The van der Waals surface area contributed by atoms with Gasteiger partial charge in [0.25, 0.3) is 5.69 Å². The van der Waals surface area contributed by atoms with Crippen LogP contribution in [0.2, 0.25) is 0 Å². The van der Waals surface area contributed by atoms with Crippen molar-refractivity contribution in [3.63, 3.8) is 0 Å². The largest absolute Gasteiger partial charge is 0.376 e. The van der Waals surface area contributed by atoms with Crippen molar-refractivity contribution in [2.45, 2.75) is 24.0 Å². The number of non-ortho nitro benzene ring substituents is 1. The molecule has 0 bridgehead atoms. The number of carbonyl (C=O) groups excluding carboxylic acids is 1. The van der Waals surface area contributed by atoms with Crippen LogP contribution in [0.4, 0.5) is 5.69 Å². The Labute approximate surface area is 154 Å². The van der Waals surface area contributed by atoms with E-state index in [1.165, 1.54) is 23.9 Å². The molecule has 1 atom stereocenters. The summed E-state index contributed by atoms with van der Waals surface area (Å²) in [5.41, 5.74) is 1.17. The minimum absolute atomic E-state index is 0.00525. The number of ether oxygens (including phenoxy) is 1. The van der Waals surface area contributed by atoms with Gasteiger partial charge in [-0.25, -0.2) is 0 Å². The summed E-state index contributed by atoms with van der Waals surface area (Å²) in [6, 6.07) is 9.71. The highest BCUT2D eigenvalue weighted by Gasteiger charge is 2.16. The first-order chi connectivity index (χ1) is 12.6. The van der Waals surface area contributed by atoms with Gasteiger partial charge < -0.3 is 10.1 Å². The van der Waals surface area contributed by atoms with Crippen molar-refractivity contribution in [3.8, 4) is 11.3 Å². The molecule has 0 spiro atoms. The average molecular weight is 374 g/mol. The molecule has 0 aliphatic carbocycles. The van der Waals surface area contributed by atoms with E-state index in [0.29, 0.717) is 22.8 Å². The Balaban J connectivity index is 1.52. The molecule has 1 N–H and O–H groups in total. The number of nitrogens with zero attached hydrogens (tertiary/aromatic N) is 3. The molecule has 0 unspecified atom stereocenters. The fourth-order valence-corrected chi connectivity index (χ4v) is 3.20. The lowest BCUT2D eigenvalue weighted by Crippen LogP contribution is -2.32. The molecule has 3 rings (SSSR count). The molecule has 1 aromatic heterocycles. The second-order valence-corrected chi connectivity index (χ2v) is 6.79. The van der Waals surface area contributed by atoms with Crippen LogP contribution < -0.4 is 5.32 Å². The van der Waals surface area contributed by atoms with Crippen LogP contribution in [0.25, 0.3) is 11.3 Å². The van der Waals surface area contributed by atoms with E-state index in [9.17, 15) is 14.9 Å². The predicted molar refractivity (Wildman–Crippen MR) is 96.8 cm³/mol. The standard InChI is InChI=1S/C17H18N4O4S/c22-16(18-10-14-5-2-8-25-14)11-26-17-7-6-15(19-20-17)12-3-1-4-13(9-12)21(23)24/h1,3-4,6-7,9,14H,2,5,8,10-11H2,(H,18,22)/t14-/m1/s1. The van der Waals surface area contributed by atoms with Gasteiger partial charge in [0.05, 0.1) is 22.5 Å². The normalized spacial score (nSPS) is 16.4. The number of nitro benzene ring substituents is 1. The van der Waals surface area contributed by atoms with E-state index >= 15 is 0 Å². The SMILES string of the molecule is O=C(CSc1ccc(-c2cccc([N+](=O)[O-])c2)nn1)NC[C@H]1CCCO1. The van der Waals surface area contributed by atoms with Gasteiger partial charge in [0.1, 0.15) is 5.03 Å². The highest BCUT2D eigenvalue weighted by Crippen LogP contribution is 2.23. The molecule has 1 saturated heterocycles. The summed E-state index contributed by atoms with van der Waals surface area (Å²) in [6.07, 6.45) is 2.15. The predicted octanol–water partition coefficient (Wildman–Crippen LogP) is 2.44. The third-order valence-electron chi connectivity index (χ3n) is 3.89. The van der Waals surface area contributed by atoms with Crippen LogP contribution in [0.5, 0.6) is 0 Å². The van der Waals surface area contributed by atoms with Crippen molar-refractivity contribution >= 4 is 23.4 Å². The summed E-state index contributed by atoms with van der Waals surface area (Å²) in [5, 5.41) is 22.5. The number of thioether (sulfide) groups is 1. The lowest BCUT2D eigenvalue weighted by atomic mass is 10.1. The highest BCUT2D eigenvalue weighted by molar-refractivity contribution is 7.99. The quantitative estimate of drug-likeness (QED) is 0.450. The topological polar surface area (TPSA) is 107 Å². The van der Waals surface area contributed by atoms with Gasteiger partial charge in [-0.3, -0.25) is 14.9 Å². The van der Waals surface area contributed by atoms with Gasteiger partial charge in [-0.2, -0.15) is 0 Å². The maximum atomic E-state index is 11.9. The van der Waals surface area contributed by atoms with Crippen molar-refractivity contribution < 1.29 is 14.5 Å². The number of rotatable bonds is 7. The van der Waals surface area contributed by atoms with Crippen LogP contribution in [0, 0.1) is 10.1 Å². The van der Waals surface area contributed by atoms with E-state index in [4.69, 9.17) is 4.74 Å². The van der Waals surface area contributed by atoms with Gasteiger partial charge in [0.2, 0.25) is 5.91 Å². The number of hydrogen-bond donors (Lipinski definition) is 1. The number of aromatic nitrogens is 2. The van der Waals surface area contributed by atoms with Crippen molar-refractivity contribution in [1.82, 2.24) is 15.5 Å². The monoisotopic (exact) mass is 374 g/mol. The zero-order valence-corrected chi connectivity index (χ0v) is 14.8. The second-order valence-electron chi connectivity index (χ2n) is 5.79. The fraction of sp³-hybridized carbons (Fsp3) is 0.353. The Morgan fingerprint density at radius 3 is 2.92 bits per heavy atom. The molecule has 1 aliphatic rings. The smallest absolute Gasteiger partial charge is 0.270 e. The molecule has 9 heteroatoms. The first-order valence-corrected chi connectivity index (χ1v) is 9.20. The van der Waals surface area contributed by atoms with Crippen LogP contribution in [-0.4, -0.2) is 46.0 Å². The first-order valence-electron chi connectivity index (χ1n) is 8.21. The number of nitro groups is 1. The summed E-state index contributed by atoms with van der Waals surface area (Å²) >= 11 is 1.29. The first kappa shape index (κ1) is 18.3. The molecule has 2 heterocycles. The van der Waals surface area contributed by atoms with E-state index < -0.39 is 4.92 Å². The Hall–Kier alpha value is -2.52. The molecule has 1 fully saturated rings. The van der Waals surface area contributed by atoms with Crippen LogP contribution >= 0.6 is 11.8 Å². The van der Waals surface area contributed by atoms with Gasteiger partial charge in [0.15, 0.2) is 0 Å². The number of carbonyl (C=O) groups is 1. The summed E-state index contributed by atoms with van der Waals surface area (Å²) in [7, 11) is 0. The van der Waals surface area contributed by atoms with Gasteiger partial charge in [0, 0.05) is 30.8 Å². The van der Waals surface area contributed by atoms with Crippen molar-refractivity contribution in [3.05, 3.63) is 46.5 Å². The Morgan fingerprint density at radius 1 is 1.35 bits per heavy atom. The molecule has 1 amide bonds. The van der Waals surface area contributed by atoms with Crippen molar-refractivity contribution in [2.24, 2.45) is 0 Å². The third kappa shape index (κ3) is 4.99. The summed E-state index contributed by atoms with van der Waals surface area (Å²) in [4.78, 5) is 22.3. The van der Waals surface area contributed by atoms with Crippen LogP contribution in [-0.2, 0) is 9.53 Å². The molecule has 0 radical (unpaired) electrons. The lowest BCUT2D eigenvalue weighted by molar-refractivity contribution is -0.384. The molecule has 2 aromatic rings. The number of benzene rings is 1. The van der Waals surface area contributed by atoms with Crippen molar-refractivity contribution in [2.75, 3.05) is 18.9 Å². The van der Waals surface area contributed by atoms with Gasteiger partial charge in [-0.1, -0.05) is 23.9 Å². The molecule has 1 aromatic carbocycles. The van der Waals surface area contributed by atoms with E-state index in [-0.39, 0.29) is 23.5 Å². The maximum Gasteiger partial charge on any atom is 0.270 e. The number of hydrogen-bond acceptors (Lipinski definition) is 7. The third-order valence-corrected chi connectivity index (χ3v) is 4.81. The Morgan fingerprint density at radius 2 is 2.23 bits per heavy atom. The Bertz CT molecular complexity index is 779. The van der Waals surface area contributed by atoms with E-state index in [0.717, 1.165) is 19.4 Å². The molecule has 1 aliphatic heterocycles. The van der Waals surface area contributed by atoms with E-state index in [1.807, 2.05) is 0 Å². The summed E-state index contributed by atoms with van der Waals surface area (Å²) in [6.45, 7) is 1.30. The molecular formula is C17H18N4O4S. The molecule has 136 valence electrons. The molecular weight excluding hydrogens is 356 g/mol. The molecule has 8 nitrogen and oxygen atoms in total. The molecule has 0 saturated carbocycles. The summed E-state index contributed by atoms with van der Waals surface area (Å²) < 4.78 is 5.46. The van der Waals surface area contributed by atoms with Crippen molar-refractivity contribution in [1.29, 1.82) is 0 Å². The van der Waals surface area contributed by atoms with Crippen LogP contribution in [0.3, 0.4) is 0 Å². The zero-order chi connectivity index (χ0) is 18.4. The zero-order valence-electron chi connectivity index (χ0n) is 14.0. The molecule has 26 heavy (non-hydrogen) atoms. The minimum Gasteiger partial charge on any atom is -0.376 e. The number of nitrogens with one attached hydrogen (secondary N) is 1. The minimum atomic E-state index is -0.448. The fourth-order valence-electron chi connectivity index (χ4n) is 2.55. The summed E-state index contributed by atoms with van der Waals surface area (Å²) in [5.74, 6) is 0.174. The van der Waals surface area contributed by atoms with E-state index in [1.54, 1.807) is 24.3 Å². The Kier molecular flexibility index (Phi) is 6.13. The van der Waals surface area contributed by atoms with Crippen LogP contribution in [0.1, 0.15) is 12.8 Å². The lowest BCUT2D eigenvalue weighted by Gasteiger charge is -2.10. The van der Waals surface area contributed by atoms with Gasteiger partial charge >= 0.3 is 0 Å². The van der Waals surface area contributed by atoms with Gasteiger partial charge in [-0.05, 0) is 25.0 Å². The van der Waals surface area contributed by atoms with Crippen LogP contribution in [0.15, 0.2) is 41.4 Å². The maximum absolute atomic E-state index is 11.9. The highest BCUT2D eigenvalue weighted by atomic mass is 32.2. The average Bonchev–Trinajstić information content (AvgIpc) is 3.19. The second kappa shape index (κ2) is 8.72. The van der Waals surface area contributed by atoms with E-state index in [2.05, 4.69) is 15.5 Å².